The van der Waals surface area contributed by atoms with Crippen molar-refractivity contribution in [2.24, 2.45) is 11.8 Å². The van der Waals surface area contributed by atoms with E-state index >= 15 is 0 Å². The third-order valence-corrected chi connectivity index (χ3v) is 8.21. The van der Waals surface area contributed by atoms with Crippen LogP contribution >= 0.6 is 0 Å². The number of cyclic esters (lactones) is 1. The molecule has 0 aliphatic carbocycles. The number of carbonyl (C=O) groups excluding carboxylic acids is 4. The molecule has 0 saturated carbocycles. The minimum Gasteiger partial charge on any atom is -0.460 e. The van der Waals surface area contributed by atoms with E-state index in [0.29, 0.717) is 45.3 Å². The molecular weight excluding hydrogens is 502 g/mol. The zero-order valence-electron chi connectivity index (χ0n) is 23.2. The molecule has 2 saturated heterocycles. The van der Waals surface area contributed by atoms with E-state index in [1.165, 1.54) is 0 Å². The fourth-order valence-corrected chi connectivity index (χ4v) is 6.24. The molecule has 10 nitrogen and oxygen atoms in total. The summed E-state index contributed by atoms with van der Waals surface area (Å²) in [4.78, 5) is 57.3. The van der Waals surface area contributed by atoms with Gasteiger partial charge in [-0.2, -0.15) is 0 Å². The van der Waals surface area contributed by atoms with Crippen LogP contribution in [0.25, 0.3) is 0 Å². The van der Waals surface area contributed by atoms with Gasteiger partial charge in [0.2, 0.25) is 17.7 Å². The first-order chi connectivity index (χ1) is 18.8. The molecule has 0 radical (unpaired) electrons. The highest BCUT2D eigenvalue weighted by molar-refractivity contribution is 5.99. The molecule has 216 valence electrons. The maximum atomic E-state index is 14.3. The van der Waals surface area contributed by atoms with Crippen LogP contribution in [0.4, 0.5) is 0 Å². The van der Waals surface area contributed by atoms with E-state index in [1.54, 1.807) is 22.8 Å². The summed E-state index contributed by atoms with van der Waals surface area (Å²) in [7, 11) is 0. The summed E-state index contributed by atoms with van der Waals surface area (Å²) in [6.45, 7) is 5.30. The number of unbranched alkanes of at least 4 members (excludes halogenated alkanes) is 4. The molecule has 4 aliphatic heterocycles. The van der Waals surface area contributed by atoms with Gasteiger partial charge in [0.25, 0.3) is 0 Å². The summed E-state index contributed by atoms with van der Waals surface area (Å²) in [6, 6.07) is -0.880. The van der Waals surface area contributed by atoms with Gasteiger partial charge in [-0.25, -0.2) is 0 Å². The van der Waals surface area contributed by atoms with E-state index in [4.69, 9.17) is 9.47 Å². The number of hydrogen-bond donors (Lipinski definition) is 2. The molecule has 0 aromatic carbocycles. The third-order valence-electron chi connectivity index (χ3n) is 8.21. The monoisotopic (exact) mass is 545 g/mol. The third kappa shape index (κ3) is 6.06. The largest absolute Gasteiger partial charge is 0.460 e. The van der Waals surface area contributed by atoms with Gasteiger partial charge < -0.3 is 29.7 Å². The summed E-state index contributed by atoms with van der Waals surface area (Å²) in [5.41, 5.74) is -1.22. The molecule has 4 heterocycles. The Kier molecular flexibility index (Phi) is 9.82. The molecule has 0 aromatic heterocycles. The lowest BCUT2D eigenvalue weighted by Gasteiger charge is -2.36. The summed E-state index contributed by atoms with van der Waals surface area (Å²) in [6.07, 6.45) is 11.8. The zero-order valence-corrected chi connectivity index (χ0v) is 23.2. The highest BCUT2D eigenvalue weighted by Crippen LogP contribution is 2.55. The predicted molar refractivity (Wildman–Crippen MR) is 143 cm³/mol. The van der Waals surface area contributed by atoms with Gasteiger partial charge in [-0.3, -0.25) is 19.2 Å². The Labute approximate surface area is 230 Å². The lowest BCUT2D eigenvalue weighted by Crippen LogP contribution is -2.56. The minimum atomic E-state index is -1.22. The fraction of sp³-hybridized carbons (Fsp3) is 0.724. The average molecular weight is 546 g/mol. The van der Waals surface area contributed by atoms with Crippen molar-refractivity contribution in [2.45, 2.75) is 89.1 Å². The molecule has 2 N–H and O–H groups in total. The van der Waals surface area contributed by atoms with Crippen molar-refractivity contribution >= 4 is 23.7 Å². The Morgan fingerprint density at radius 1 is 1.05 bits per heavy atom. The van der Waals surface area contributed by atoms with Crippen LogP contribution in [0.1, 0.15) is 65.2 Å². The molecule has 1 spiro atoms. The lowest BCUT2D eigenvalue weighted by atomic mass is 9.74. The maximum Gasteiger partial charge on any atom is 0.313 e. The number of aliphatic hydroxyl groups excluding tert-OH is 1. The first-order valence-electron chi connectivity index (χ1n) is 14.5. The van der Waals surface area contributed by atoms with Crippen molar-refractivity contribution in [1.82, 2.24) is 15.1 Å². The van der Waals surface area contributed by atoms with Gasteiger partial charge in [0.05, 0.1) is 18.6 Å². The molecule has 4 rings (SSSR count). The van der Waals surface area contributed by atoms with E-state index in [2.05, 4.69) is 12.2 Å². The van der Waals surface area contributed by atoms with Crippen molar-refractivity contribution < 1.29 is 33.8 Å². The average Bonchev–Trinajstić information content (AvgIpc) is 3.55. The first kappa shape index (κ1) is 29.3. The number of hydrogen-bond acceptors (Lipinski definition) is 7. The number of likely N-dealkylation sites (tertiary alicyclic amines) is 1. The number of fused-ring (bicyclic) bond motifs is 2. The van der Waals surface area contributed by atoms with Gasteiger partial charge in [-0.05, 0) is 39.0 Å². The van der Waals surface area contributed by atoms with Gasteiger partial charge in [0, 0.05) is 32.7 Å². The molecule has 4 aliphatic rings. The molecule has 0 aromatic rings. The van der Waals surface area contributed by atoms with E-state index in [1.807, 2.05) is 18.2 Å². The summed E-state index contributed by atoms with van der Waals surface area (Å²) in [5, 5.41) is 12.0. The number of esters is 1. The second kappa shape index (κ2) is 13.1. The zero-order chi connectivity index (χ0) is 28.0. The molecule has 2 fully saturated rings. The van der Waals surface area contributed by atoms with Crippen LogP contribution in [0.2, 0.25) is 0 Å². The van der Waals surface area contributed by atoms with Crippen LogP contribution in [0.15, 0.2) is 24.3 Å². The first-order valence-corrected chi connectivity index (χ1v) is 14.5. The van der Waals surface area contributed by atoms with Crippen LogP contribution < -0.4 is 5.32 Å². The normalized spacial score (nSPS) is 33.9. The van der Waals surface area contributed by atoms with Crippen LogP contribution in [0.5, 0.6) is 0 Å². The second-order valence-electron chi connectivity index (χ2n) is 11.1. The van der Waals surface area contributed by atoms with Crippen molar-refractivity contribution in [3.63, 3.8) is 0 Å². The van der Waals surface area contributed by atoms with E-state index in [9.17, 15) is 24.3 Å². The SMILES string of the molecule is CCCCCN1C/C=C\CCC(=O)NC[C@H](C)OC(=O)[C@@H]2[C@H]3C(=O)N(CCCCCO)[C@H](C1=O)[C@]31C=C[C@H]2O1. The summed E-state index contributed by atoms with van der Waals surface area (Å²) >= 11 is 0. The lowest BCUT2D eigenvalue weighted by molar-refractivity contribution is -0.158. The van der Waals surface area contributed by atoms with Crippen molar-refractivity contribution in [3.8, 4) is 0 Å². The van der Waals surface area contributed by atoms with Crippen LogP contribution in [0, 0.1) is 11.8 Å². The highest BCUT2D eigenvalue weighted by atomic mass is 16.6. The topological polar surface area (TPSA) is 125 Å². The summed E-state index contributed by atoms with van der Waals surface area (Å²) < 4.78 is 12.1. The predicted octanol–water partition coefficient (Wildman–Crippen LogP) is 1.72. The number of nitrogens with zero attached hydrogens (tertiary/aromatic N) is 2. The Morgan fingerprint density at radius 2 is 1.85 bits per heavy atom. The number of rotatable bonds is 9. The Hall–Kier alpha value is -2.72. The molecule has 0 unspecified atom stereocenters. The smallest absolute Gasteiger partial charge is 0.313 e. The minimum absolute atomic E-state index is 0.0699. The number of aliphatic hydroxyl groups is 1. The Morgan fingerprint density at radius 3 is 2.62 bits per heavy atom. The van der Waals surface area contributed by atoms with Crippen LogP contribution in [-0.4, -0.2) is 95.2 Å². The number of allylic oxidation sites excluding steroid dienone is 1. The van der Waals surface area contributed by atoms with Crippen molar-refractivity contribution in [2.75, 3.05) is 32.8 Å². The van der Waals surface area contributed by atoms with E-state index < -0.39 is 41.7 Å². The molecule has 10 heteroatoms. The molecule has 39 heavy (non-hydrogen) atoms. The summed E-state index contributed by atoms with van der Waals surface area (Å²) in [5.74, 6) is -2.86. The van der Waals surface area contributed by atoms with E-state index in [0.717, 1.165) is 25.7 Å². The molecule has 6 atom stereocenters. The number of nitrogens with one attached hydrogen (secondary N) is 1. The number of ether oxygens (including phenoxy) is 2. The fourth-order valence-electron chi connectivity index (χ4n) is 6.24. The second-order valence-corrected chi connectivity index (χ2v) is 11.1. The maximum absolute atomic E-state index is 14.3. The van der Waals surface area contributed by atoms with Gasteiger partial charge in [-0.15, -0.1) is 0 Å². The quantitative estimate of drug-likeness (QED) is 0.257. The van der Waals surface area contributed by atoms with Gasteiger partial charge in [0.15, 0.2) is 0 Å². The molecule has 3 amide bonds. The Bertz CT molecular complexity index is 982. The number of carbonyl (C=O) groups is 4. The van der Waals surface area contributed by atoms with E-state index in [-0.39, 0.29) is 30.9 Å². The van der Waals surface area contributed by atoms with Gasteiger partial charge >= 0.3 is 5.97 Å². The Balaban J connectivity index is 1.69. The van der Waals surface area contributed by atoms with Gasteiger partial charge in [-0.1, -0.05) is 44.1 Å². The van der Waals surface area contributed by atoms with Crippen molar-refractivity contribution in [1.29, 1.82) is 0 Å². The highest BCUT2D eigenvalue weighted by Gasteiger charge is 2.73. The van der Waals surface area contributed by atoms with Crippen molar-refractivity contribution in [3.05, 3.63) is 24.3 Å². The van der Waals surface area contributed by atoms with Gasteiger partial charge in [0.1, 0.15) is 23.7 Å². The standard InChI is InChI=1S/C29H43N3O7/c1-3-4-8-15-31-16-9-5-7-12-22(34)30-19-20(2)38-28(37)23-21-13-14-29(39-21)24(23)26(35)32(25(29)27(31)36)17-10-6-11-18-33/h5,9,13-14,20-21,23-25,33H,3-4,6-8,10-12,15-19H2,1-2H3,(H,30,34)/b9-5-/t20-,21+,23-,24-,25+,29-/m0/s1. The molecule has 5 bridgehead atoms. The van der Waals surface area contributed by atoms with Crippen LogP contribution in [0.3, 0.4) is 0 Å². The number of amides is 3. The molecular formula is C29H43N3O7. The van der Waals surface area contributed by atoms with Crippen LogP contribution in [-0.2, 0) is 28.7 Å².